The maximum absolute atomic E-state index is 3.89. The lowest BCUT2D eigenvalue weighted by atomic mass is 9.92. The van der Waals surface area contributed by atoms with Crippen molar-refractivity contribution in [2.45, 2.75) is 51.4 Å². The molecule has 1 aliphatic carbocycles. The summed E-state index contributed by atoms with van der Waals surface area (Å²) in [6, 6.07) is 0. The first-order valence-electron chi connectivity index (χ1n) is 5.39. The minimum Gasteiger partial charge on any atom is -0.0883 e. The van der Waals surface area contributed by atoms with Crippen LogP contribution in [-0.2, 0) is 0 Å². The van der Waals surface area contributed by atoms with E-state index < -0.39 is 0 Å². The Bertz CT molecular complexity index is 124. The largest absolute Gasteiger partial charge is 0.0883 e. The molecule has 0 spiro atoms. The fraction of sp³-hybridized carbons (Fsp3) is 0.750. The van der Waals surface area contributed by atoms with Gasteiger partial charge in [0.25, 0.3) is 0 Å². The van der Waals surface area contributed by atoms with Crippen molar-refractivity contribution in [3.63, 3.8) is 0 Å². The Morgan fingerprint density at radius 2 is 2.17 bits per heavy atom. The van der Waals surface area contributed by atoms with Gasteiger partial charge in [-0.3, -0.25) is 0 Å². The second kappa shape index (κ2) is 6.28. The summed E-state index contributed by atoms with van der Waals surface area (Å²) < 4.78 is 0. The molecule has 1 radical (unpaired) electrons. The summed E-state index contributed by atoms with van der Waals surface area (Å²) in [5.41, 5.74) is 0. The molecule has 12 heavy (non-hydrogen) atoms. The van der Waals surface area contributed by atoms with Gasteiger partial charge in [0, 0.05) is 0 Å². The molecule has 0 fully saturated rings. The predicted molar refractivity (Wildman–Crippen MR) is 54.9 cm³/mol. The highest BCUT2D eigenvalue weighted by molar-refractivity contribution is 4.89. The van der Waals surface area contributed by atoms with Gasteiger partial charge in [0.1, 0.15) is 0 Å². The third-order valence-electron chi connectivity index (χ3n) is 2.68. The number of hydrogen-bond donors (Lipinski definition) is 0. The second-order valence-corrected chi connectivity index (χ2v) is 3.82. The van der Waals surface area contributed by atoms with E-state index in [2.05, 4.69) is 19.1 Å². The summed E-state index contributed by atoms with van der Waals surface area (Å²) in [6.45, 7) is 3.89. The second-order valence-electron chi connectivity index (χ2n) is 3.82. The van der Waals surface area contributed by atoms with Gasteiger partial charge in [-0.2, -0.15) is 0 Å². The predicted octanol–water partition coefficient (Wildman–Crippen LogP) is 4.13. The summed E-state index contributed by atoms with van der Waals surface area (Å²) in [4.78, 5) is 0. The van der Waals surface area contributed by atoms with E-state index in [4.69, 9.17) is 0 Å². The molecule has 1 atom stereocenters. The summed E-state index contributed by atoms with van der Waals surface area (Å²) in [7, 11) is 0. The highest BCUT2D eigenvalue weighted by Gasteiger charge is 2.05. The number of rotatable bonds is 3. The number of allylic oxidation sites excluding steroid dienone is 2. The molecule has 0 saturated carbocycles. The van der Waals surface area contributed by atoms with Crippen LogP contribution in [0.5, 0.6) is 0 Å². The Hall–Kier alpha value is -0.260. The van der Waals surface area contributed by atoms with E-state index in [1.165, 1.54) is 44.9 Å². The third kappa shape index (κ3) is 3.94. The molecule has 69 valence electrons. The Labute approximate surface area is 77.1 Å². The average molecular weight is 165 g/mol. The Balaban J connectivity index is 2.23. The SMILES string of the molecule is [CH2]CCCC1C=CCCCCC1. The van der Waals surface area contributed by atoms with Gasteiger partial charge in [0.2, 0.25) is 0 Å². The maximum Gasteiger partial charge on any atom is -0.0234 e. The lowest BCUT2D eigenvalue weighted by Crippen LogP contribution is -1.98. The topological polar surface area (TPSA) is 0 Å². The van der Waals surface area contributed by atoms with E-state index in [0.717, 1.165) is 12.3 Å². The van der Waals surface area contributed by atoms with Crippen molar-refractivity contribution in [2.24, 2.45) is 5.92 Å². The standard InChI is InChI=1S/C12H21/c1-2-3-9-12-10-7-5-4-6-8-11-12/h7,10,12H,1-6,8-9,11H2. The molecule has 0 aliphatic heterocycles. The highest BCUT2D eigenvalue weighted by Crippen LogP contribution is 2.21. The molecule has 0 aromatic rings. The Kier molecular flexibility index (Phi) is 5.14. The zero-order valence-corrected chi connectivity index (χ0v) is 8.10. The zero-order valence-electron chi connectivity index (χ0n) is 8.10. The molecule has 1 unspecified atom stereocenters. The van der Waals surface area contributed by atoms with Crippen molar-refractivity contribution in [3.05, 3.63) is 19.1 Å². The normalized spacial score (nSPS) is 24.9. The van der Waals surface area contributed by atoms with E-state index >= 15 is 0 Å². The molecular weight excluding hydrogens is 144 g/mol. The van der Waals surface area contributed by atoms with E-state index in [9.17, 15) is 0 Å². The molecule has 0 heterocycles. The molecule has 0 N–H and O–H groups in total. The minimum atomic E-state index is 0.868. The van der Waals surface area contributed by atoms with Gasteiger partial charge in [-0.1, -0.05) is 44.8 Å². The molecule has 0 heteroatoms. The molecule has 0 aromatic heterocycles. The first-order valence-corrected chi connectivity index (χ1v) is 5.39. The van der Waals surface area contributed by atoms with Crippen molar-refractivity contribution in [1.29, 1.82) is 0 Å². The molecular formula is C12H21. The van der Waals surface area contributed by atoms with Crippen LogP contribution in [-0.4, -0.2) is 0 Å². The van der Waals surface area contributed by atoms with Gasteiger partial charge in [0.05, 0.1) is 0 Å². The van der Waals surface area contributed by atoms with Crippen molar-refractivity contribution in [3.8, 4) is 0 Å². The molecule has 0 bridgehead atoms. The Morgan fingerprint density at radius 3 is 3.00 bits per heavy atom. The maximum atomic E-state index is 3.89. The fourth-order valence-electron chi connectivity index (χ4n) is 1.88. The van der Waals surface area contributed by atoms with Gasteiger partial charge in [-0.05, 0) is 31.6 Å². The van der Waals surface area contributed by atoms with Crippen LogP contribution < -0.4 is 0 Å². The monoisotopic (exact) mass is 165 g/mol. The summed E-state index contributed by atoms with van der Waals surface area (Å²) in [5, 5.41) is 0. The molecule has 0 nitrogen and oxygen atoms in total. The van der Waals surface area contributed by atoms with Gasteiger partial charge in [-0.15, -0.1) is 0 Å². The molecule has 1 rings (SSSR count). The van der Waals surface area contributed by atoms with E-state index in [1.807, 2.05) is 0 Å². The van der Waals surface area contributed by atoms with Crippen molar-refractivity contribution in [1.82, 2.24) is 0 Å². The van der Waals surface area contributed by atoms with Crippen LogP contribution in [0.15, 0.2) is 12.2 Å². The Morgan fingerprint density at radius 1 is 1.25 bits per heavy atom. The van der Waals surface area contributed by atoms with Crippen LogP contribution in [0.25, 0.3) is 0 Å². The third-order valence-corrected chi connectivity index (χ3v) is 2.68. The van der Waals surface area contributed by atoms with Crippen LogP contribution >= 0.6 is 0 Å². The molecule has 0 saturated heterocycles. The van der Waals surface area contributed by atoms with E-state index in [1.54, 1.807) is 0 Å². The lowest BCUT2D eigenvalue weighted by Gasteiger charge is -2.14. The smallest absolute Gasteiger partial charge is 0.0234 e. The zero-order chi connectivity index (χ0) is 8.65. The van der Waals surface area contributed by atoms with Gasteiger partial charge < -0.3 is 0 Å². The van der Waals surface area contributed by atoms with E-state index in [0.29, 0.717) is 0 Å². The molecule has 0 amide bonds. The first-order chi connectivity index (χ1) is 5.93. The summed E-state index contributed by atoms with van der Waals surface area (Å²) >= 11 is 0. The van der Waals surface area contributed by atoms with E-state index in [-0.39, 0.29) is 0 Å². The van der Waals surface area contributed by atoms with Gasteiger partial charge in [0.15, 0.2) is 0 Å². The minimum absolute atomic E-state index is 0.868. The highest BCUT2D eigenvalue weighted by atomic mass is 14.1. The van der Waals surface area contributed by atoms with Crippen LogP contribution in [0.1, 0.15) is 51.4 Å². The van der Waals surface area contributed by atoms with Gasteiger partial charge in [-0.25, -0.2) is 0 Å². The fourth-order valence-corrected chi connectivity index (χ4v) is 1.88. The van der Waals surface area contributed by atoms with Crippen molar-refractivity contribution in [2.75, 3.05) is 0 Å². The average Bonchev–Trinajstić information content (AvgIpc) is 2.02. The number of hydrogen-bond acceptors (Lipinski definition) is 0. The van der Waals surface area contributed by atoms with Crippen LogP contribution in [0.2, 0.25) is 0 Å². The van der Waals surface area contributed by atoms with Crippen LogP contribution in [0.4, 0.5) is 0 Å². The number of unbranched alkanes of at least 4 members (excludes halogenated alkanes) is 1. The van der Waals surface area contributed by atoms with Crippen LogP contribution in [0.3, 0.4) is 0 Å². The quantitative estimate of drug-likeness (QED) is 0.552. The first kappa shape index (κ1) is 9.83. The lowest BCUT2D eigenvalue weighted by molar-refractivity contribution is 0.480. The summed E-state index contributed by atoms with van der Waals surface area (Å²) in [6.07, 6.45) is 15.6. The van der Waals surface area contributed by atoms with Crippen LogP contribution in [0, 0.1) is 12.8 Å². The van der Waals surface area contributed by atoms with Gasteiger partial charge >= 0.3 is 0 Å². The molecule has 1 aliphatic rings. The van der Waals surface area contributed by atoms with Crippen molar-refractivity contribution < 1.29 is 0 Å². The van der Waals surface area contributed by atoms with Crippen molar-refractivity contribution >= 4 is 0 Å². The summed E-state index contributed by atoms with van der Waals surface area (Å²) in [5.74, 6) is 0.868. The molecule has 0 aromatic carbocycles.